The number of nitrogens with one attached hydrogen (secondary N) is 1. The van der Waals surface area contributed by atoms with Gasteiger partial charge >= 0.3 is 0 Å². The van der Waals surface area contributed by atoms with E-state index in [-0.39, 0.29) is 11.9 Å². The van der Waals surface area contributed by atoms with Crippen molar-refractivity contribution in [1.82, 2.24) is 5.32 Å². The van der Waals surface area contributed by atoms with Crippen LogP contribution in [0.1, 0.15) is 34.8 Å². The Morgan fingerprint density at radius 3 is 2.47 bits per heavy atom. The average Bonchev–Trinajstić information content (AvgIpc) is 2.77. The topological polar surface area (TPSA) is 42.2 Å². The van der Waals surface area contributed by atoms with E-state index in [9.17, 15) is 4.79 Å². The van der Waals surface area contributed by atoms with Crippen molar-refractivity contribution in [3.8, 4) is 0 Å². The number of hydrogen-bond acceptors (Lipinski definition) is 2. The number of amides is 1. The number of hydrogen-bond donors (Lipinski definition) is 1. The Morgan fingerprint density at radius 2 is 1.88 bits per heavy atom. The molecule has 1 aromatic carbocycles. The van der Waals surface area contributed by atoms with E-state index in [0.717, 1.165) is 11.3 Å². The maximum atomic E-state index is 11.8. The third-order valence-corrected chi connectivity index (χ3v) is 2.61. The summed E-state index contributed by atoms with van der Waals surface area (Å²) >= 11 is 0. The fourth-order valence-electron chi connectivity index (χ4n) is 1.65. The van der Waals surface area contributed by atoms with Gasteiger partial charge in [-0.25, -0.2) is 0 Å². The van der Waals surface area contributed by atoms with Crippen molar-refractivity contribution in [2.75, 3.05) is 0 Å². The van der Waals surface area contributed by atoms with Crippen molar-refractivity contribution < 1.29 is 9.21 Å². The standard InChI is InChI=1S/C14H15NO2/c1-10-8-9-13(17-10)14(16)15-11(2)12-6-4-3-5-7-12/h3-9,11H,1-2H3,(H,15,16)/t11-/m0/s1. The Balaban J connectivity index is 2.04. The van der Waals surface area contributed by atoms with E-state index in [1.165, 1.54) is 0 Å². The van der Waals surface area contributed by atoms with Gasteiger partial charge in [0.2, 0.25) is 0 Å². The third-order valence-electron chi connectivity index (χ3n) is 2.61. The molecule has 1 aromatic heterocycles. The minimum atomic E-state index is -0.186. The lowest BCUT2D eigenvalue weighted by atomic mass is 10.1. The molecule has 0 radical (unpaired) electrons. The molecule has 17 heavy (non-hydrogen) atoms. The van der Waals surface area contributed by atoms with E-state index >= 15 is 0 Å². The molecular formula is C14H15NO2. The van der Waals surface area contributed by atoms with Gasteiger partial charge < -0.3 is 9.73 Å². The number of benzene rings is 1. The van der Waals surface area contributed by atoms with E-state index < -0.39 is 0 Å². The molecule has 0 spiro atoms. The van der Waals surface area contributed by atoms with Crippen LogP contribution in [-0.2, 0) is 0 Å². The Morgan fingerprint density at radius 1 is 1.18 bits per heavy atom. The summed E-state index contributed by atoms with van der Waals surface area (Å²) in [5.41, 5.74) is 1.07. The zero-order valence-corrected chi connectivity index (χ0v) is 9.94. The number of rotatable bonds is 3. The lowest BCUT2D eigenvalue weighted by Gasteiger charge is -2.12. The molecule has 1 heterocycles. The molecule has 0 aliphatic carbocycles. The average molecular weight is 229 g/mol. The highest BCUT2D eigenvalue weighted by Crippen LogP contribution is 2.13. The van der Waals surface area contributed by atoms with Gasteiger partial charge in [-0.3, -0.25) is 4.79 Å². The summed E-state index contributed by atoms with van der Waals surface area (Å²) in [4.78, 5) is 11.8. The van der Waals surface area contributed by atoms with Crippen LogP contribution in [0.3, 0.4) is 0 Å². The zero-order valence-electron chi connectivity index (χ0n) is 9.94. The van der Waals surface area contributed by atoms with Crippen molar-refractivity contribution in [3.63, 3.8) is 0 Å². The van der Waals surface area contributed by atoms with Crippen LogP contribution >= 0.6 is 0 Å². The molecule has 0 unspecified atom stereocenters. The van der Waals surface area contributed by atoms with Crippen molar-refractivity contribution >= 4 is 5.91 Å². The summed E-state index contributed by atoms with van der Waals surface area (Å²) in [6.45, 7) is 3.76. The highest BCUT2D eigenvalue weighted by atomic mass is 16.3. The first-order valence-electron chi connectivity index (χ1n) is 5.59. The highest BCUT2D eigenvalue weighted by molar-refractivity contribution is 5.91. The Bertz CT molecular complexity index is 502. The molecule has 88 valence electrons. The molecule has 2 rings (SSSR count). The van der Waals surface area contributed by atoms with Crippen molar-refractivity contribution in [1.29, 1.82) is 0 Å². The second-order valence-corrected chi connectivity index (χ2v) is 4.02. The molecule has 0 fully saturated rings. The van der Waals surface area contributed by atoms with Crippen LogP contribution in [0, 0.1) is 6.92 Å². The van der Waals surface area contributed by atoms with Gasteiger partial charge in [-0.15, -0.1) is 0 Å². The van der Waals surface area contributed by atoms with E-state index in [1.54, 1.807) is 12.1 Å². The smallest absolute Gasteiger partial charge is 0.287 e. The van der Waals surface area contributed by atoms with Gasteiger partial charge in [0.05, 0.1) is 6.04 Å². The van der Waals surface area contributed by atoms with Gasteiger partial charge in [0.1, 0.15) is 5.76 Å². The normalized spacial score (nSPS) is 12.1. The number of carbonyl (C=O) groups is 1. The SMILES string of the molecule is Cc1ccc(C(=O)N[C@@H](C)c2ccccc2)o1. The maximum absolute atomic E-state index is 11.8. The van der Waals surface area contributed by atoms with Gasteiger partial charge in [0, 0.05) is 0 Å². The molecule has 1 amide bonds. The van der Waals surface area contributed by atoms with Crippen LogP contribution in [0.15, 0.2) is 46.9 Å². The second-order valence-electron chi connectivity index (χ2n) is 4.02. The molecule has 0 aliphatic heterocycles. The summed E-state index contributed by atoms with van der Waals surface area (Å²) in [6.07, 6.45) is 0. The summed E-state index contributed by atoms with van der Waals surface area (Å²) in [5, 5.41) is 2.89. The Hall–Kier alpha value is -2.03. The Labute approximate surface area is 100 Å². The second kappa shape index (κ2) is 4.87. The van der Waals surface area contributed by atoms with Crippen molar-refractivity contribution in [3.05, 3.63) is 59.5 Å². The van der Waals surface area contributed by atoms with Crippen molar-refractivity contribution in [2.24, 2.45) is 0 Å². The fraction of sp³-hybridized carbons (Fsp3) is 0.214. The molecule has 0 aliphatic rings. The van der Waals surface area contributed by atoms with Gasteiger partial charge in [-0.2, -0.15) is 0 Å². The summed E-state index contributed by atoms with van der Waals surface area (Å²) < 4.78 is 5.27. The fourth-order valence-corrected chi connectivity index (χ4v) is 1.65. The molecule has 0 saturated carbocycles. The molecule has 3 nitrogen and oxygen atoms in total. The highest BCUT2D eigenvalue weighted by Gasteiger charge is 2.13. The summed E-state index contributed by atoms with van der Waals surface area (Å²) in [7, 11) is 0. The van der Waals surface area contributed by atoms with E-state index in [4.69, 9.17) is 4.42 Å². The Kier molecular flexibility index (Phi) is 3.28. The van der Waals surface area contributed by atoms with Gasteiger partial charge in [0.25, 0.3) is 5.91 Å². The van der Waals surface area contributed by atoms with Crippen LogP contribution in [0.25, 0.3) is 0 Å². The molecule has 3 heteroatoms. The number of carbonyl (C=O) groups excluding carboxylic acids is 1. The van der Waals surface area contributed by atoms with Gasteiger partial charge in [0.15, 0.2) is 5.76 Å². The van der Waals surface area contributed by atoms with E-state index in [0.29, 0.717) is 5.76 Å². The predicted molar refractivity (Wildman–Crippen MR) is 65.8 cm³/mol. The van der Waals surface area contributed by atoms with E-state index in [2.05, 4.69) is 5.32 Å². The first kappa shape index (κ1) is 11.5. The van der Waals surface area contributed by atoms with Crippen LogP contribution < -0.4 is 5.32 Å². The predicted octanol–water partition coefficient (Wildman–Crippen LogP) is 3.08. The zero-order chi connectivity index (χ0) is 12.3. The van der Waals surface area contributed by atoms with Gasteiger partial charge in [-0.05, 0) is 31.5 Å². The molecule has 0 bridgehead atoms. The minimum absolute atomic E-state index is 0.0332. The maximum Gasteiger partial charge on any atom is 0.287 e. The van der Waals surface area contributed by atoms with Crippen LogP contribution in [0.5, 0.6) is 0 Å². The summed E-state index contributed by atoms with van der Waals surface area (Å²) in [5.74, 6) is 0.905. The first-order valence-corrected chi connectivity index (χ1v) is 5.59. The quantitative estimate of drug-likeness (QED) is 0.878. The number of aryl methyl sites for hydroxylation is 1. The lowest BCUT2D eigenvalue weighted by molar-refractivity contribution is 0.0910. The largest absolute Gasteiger partial charge is 0.456 e. The monoisotopic (exact) mass is 229 g/mol. The molecular weight excluding hydrogens is 214 g/mol. The lowest BCUT2D eigenvalue weighted by Crippen LogP contribution is -2.26. The van der Waals surface area contributed by atoms with Gasteiger partial charge in [-0.1, -0.05) is 30.3 Å². The first-order chi connectivity index (χ1) is 8.16. The van der Waals surface area contributed by atoms with Crippen molar-refractivity contribution in [2.45, 2.75) is 19.9 Å². The van der Waals surface area contributed by atoms with Crippen LogP contribution in [-0.4, -0.2) is 5.91 Å². The number of furan rings is 1. The summed E-state index contributed by atoms with van der Waals surface area (Å²) in [6, 6.07) is 13.3. The minimum Gasteiger partial charge on any atom is -0.456 e. The molecule has 1 atom stereocenters. The molecule has 0 saturated heterocycles. The molecule has 2 aromatic rings. The third kappa shape index (κ3) is 2.75. The van der Waals surface area contributed by atoms with Crippen LogP contribution in [0.2, 0.25) is 0 Å². The molecule has 1 N–H and O–H groups in total. The van der Waals surface area contributed by atoms with E-state index in [1.807, 2.05) is 44.2 Å². The van der Waals surface area contributed by atoms with Crippen LogP contribution in [0.4, 0.5) is 0 Å².